The van der Waals surface area contributed by atoms with Crippen LogP contribution in [0.4, 0.5) is 0 Å². The summed E-state index contributed by atoms with van der Waals surface area (Å²) in [6, 6.07) is 0. The molecule has 1 saturated carbocycles. The van der Waals surface area contributed by atoms with Gasteiger partial charge in [-0.25, -0.2) is 0 Å². The average Bonchev–Trinajstić information content (AvgIpc) is 2.75. The fourth-order valence-electron chi connectivity index (χ4n) is 3.11. The van der Waals surface area contributed by atoms with Crippen molar-refractivity contribution in [2.45, 2.75) is 44.9 Å². The number of amides is 2. The van der Waals surface area contributed by atoms with Crippen LogP contribution >= 0.6 is 12.4 Å². The molecule has 0 bridgehead atoms. The van der Waals surface area contributed by atoms with Crippen LogP contribution in [-0.4, -0.2) is 49.4 Å². The number of halogens is 1. The molecule has 1 aliphatic carbocycles. The SMILES string of the molecule is Cl.O=C(CC1CCCCC1)NCC(=O)N1CCCNCC1. The van der Waals surface area contributed by atoms with Gasteiger partial charge in [-0.15, -0.1) is 12.4 Å². The van der Waals surface area contributed by atoms with Crippen molar-refractivity contribution in [1.29, 1.82) is 0 Å². The topological polar surface area (TPSA) is 61.4 Å². The summed E-state index contributed by atoms with van der Waals surface area (Å²) in [6.45, 7) is 3.52. The maximum atomic E-state index is 12.0. The third-order valence-corrected chi connectivity index (χ3v) is 4.33. The summed E-state index contributed by atoms with van der Waals surface area (Å²) < 4.78 is 0. The maximum Gasteiger partial charge on any atom is 0.242 e. The van der Waals surface area contributed by atoms with E-state index in [1.165, 1.54) is 32.1 Å². The number of rotatable bonds is 4. The quantitative estimate of drug-likeness (QED) is 0.822. The molecule has 5 nitrogen and oxygen atoms in total. The Morgan fingerprint density at radius 2 is 1.81 bits per heavy atom. The monoisotopic (exact) mass is 317 g/mol. The van der Waals surface area contributed by atoms with Gasteiger partial charge in [0.15, 0.2) is 0 Å². The van der Waals surface area contributed by atoms with Crippen molar-refractivity contribution < 1.29 is 9.59 Å². The van der Waals surface area contributed by atoms with Crippen molar-refractivity contribution in [2.24, 2.45) is 5.92 Å². The first-order valence-electron chi connectivity index (χ1n) is 8.01. The molecule has 21 heavy (non-hydrogen) atoms. The molecule has 2 aliphatic rings. The van der Waals surface area contributed by atoms with Gasteiger partial charge in [-0.05, 0) is 31.7 Å². The number of nitrogens with zero attached hydrogens (tertiary/aromatic N) is 1. The molecule has 2 rings (SSSR count). The Kier molecular flexibility index (Phi) is 8.69. The van der Waals surface area contributed by atoms with E-state index in [1.807, 2.05) is 4.90 Å². The Morgan fingerprint density at radius 1 is 1.05 bits per heavy atom. The molecule has 0 aromatic carbocycles. The van der Waals surface area contributed by atoms with Gasteiger partial charge in [-0.3, -0.25) is 9.59 Å². The van der Waals surface area contributed by atoms with E-state index in [0.717, 1.165) is 32.6 Å². The minimum Gasteiger partial charge on any atom is -0.347 e. The molecule has 1 heterocycles. The summed E-state index contributed by atoms with van der Waals surface area (Å²) >= 11 is 0. The van der Waals surface area contributed by atoms with Crippen molar-refractivity contribution in [3.05, 3.63) is 0 Å². The lowest BCUT2D eigenvalue weighted by Gasteiger charge is -2.22. The van der Waals surface area contributed by atoms with Crippen LogP contribution in [0.25, 0.3) is 0 Å². The van der Waals surface area contributed by atoms with E-state index in [-0.39, 0.29) is 30.8 Å². The maximum absolute atomic E-state index is 12.0. The largest absolute Gasteiger partial charge is 0.347 e. The normalized spacial score (nSPS) is 20.3. The summed E-state index contributed by atoms with van der Waals surface area (Å²) in [4.78, 5) is 25.8. The van der Waals surface area contributed by atoms with Gasteiger partial charge in [-0.2, -0.15) is 0 Å². The molecule has 2 amide bonds. The minimum atomic E-state index is 0. The zero-order valence-electron chi connectivity index (χ0n) is 12.7. The van der Waals surface area contributed by atoms with E-state index < -0.39 is 0 Å². The highest BCUT2D eigenvalue weighted by molar-refractivity contribution is 5.85. The van der Waals surface area contributed by atoms with Gasteiger partial charge < -0.3 is 15.5 Å². The van der Waals surface area contributed by atoms with Crippen molar-refractivity contribution in [2.75, 3.05) is 32.7 Å². The van der Waals surface area contributed by atoms with Gasteiger partial charge in [0.2, 0.25) is 11.8 Å². The van der Waals surface area contributed by atoms with Gasteiger partial charge >= 0.3 is 0 Å². The molecule has 0 unspecified atom stereocenters. The zero-order chi connectivity index (χ0) is 14.2. The van der Waals surface area contributed by atoms with Crippen LogP contribution in [0, 0.1) is 5.92 Å². The molecule has 0 atom stereocenters. The van der Waals surface area contributed by atoms with E-state index in [4.69, 9.17) is 0 Å². The molecule has 1 saturated heterocycles. The van der Waals surface area contributed by atoms with Crippen LogP contribution in [0.1, 0.15) is 44.9 Å². The predicted octanol–water partition coefficient (Wildman–Crippen LogP) is 1.32. The minimum absolute atomic E-state index is 0. The lowest BCUT2D eigenvalue weighted by Crippen LogP contribution is -2.42. The molecule has 2 fully saturated rings. The predicted molar refractivity (Wildman–Crippen MR) is 85.5 cm³/mol. The Balaban J connectivity index is 0.00000220. The third-order valence-electron chi connectivity index (χ3n) is 4.33. The van der Waals surface area contributed by atoms with Crippen molar-refractivity contribution in [3.8, 4) is 0 Å². The van der Waals surface area contributed by atoms with E-state index in [0.29, 0.717) is 12.3 Å². The van der Waals surface area contributed by atoms with Gasteiger partial charge in [0, 0.05) is 26.1 Å². The summed E-state index contributed by atoms with van der Waals surface area (Å²) in [5, 5.41) is 6.07. The zero-order valence-corrected chi connectivity index (χ0v) is 13.6. The highest BCUT2D eigenvalue weighted by Gasteiger charge is 2.19. The summed E-state index contributed by atoms with van der Waals surface area (Å²) in [6.07, 6.45) is 7.71. The number of carbonyl (C=O) groups excluding carboxylic acids is 2. The molecule has 1 aliphatic heterocycles. The van der Waals surface area contributed by atoms with Crippen LogP contribution in [0.2, 0.25) is 0 Å². The summed E-state index contributed by atoms with van der Waals surface area (Å²) in [5.41, 5.74) is 0. The van der Waals surface area contributed by atoms with Gasteiger partial charge in [0.1, 0.15) is 0 Å². The number of hydrogen-bond acceptors (Lipinski definition) is 3. The van der Waals surface area contributed by atoms with Crippen molar-refractivity contribution in [3.63, 3.8) is 0 Å². The second kappa shape index (κ2) is 10.0. The first-order valence-corrected chi connectivity index (χ1v) is 8.01. The van der Waals surface area contributed by atoms with Crippen LogP contribution in [0.3, 0.4) is 0 Å². The standard InChI is InChI=1S/C15H27N3O2.ClH/c19-14(11-13-5-2-1-3-6-13)17-12-15(20)18-9-4-7-16-8-10-18;/h13,16H,1-12H2,(H,17,19);1H. The molecule has 122 valence electrons. The van der Waals surface area contributed by atoms with Gasteiger partial charge in [-0.1, -0.05) is 19.3 Å². The summed E-state index contributed by atoms with van der Waals surface area (Å²) in [5.74, 6) is 0.616. The molecule has 0 aromatic heterocycles. The van der Waals surface area contributed by atoms with E-state index in [9.17, 15) is 9.59 Å². The number of carbonyl (C=O) groups is 2. The molecule has 0 spiro atoms. The molecular weight excluding hydrogens is 290 g/mol. The summed E-state index contributed by atoms with van der Waals surface area (Å²) in [7, 11) is 0. The smallest absolute Gasteiger partial charge is 0.242 e. The Labute approximate surface area is 133 Å². The second-order valence-electron chi connectivity index (χ2n) is 5.97. The third kappa shape index (κ3) is 6.66. The molecule has 2 N–H and O–H groups in total. The van der Waals surface area contributed by atoms with Gasteiger partial charge in [0.25, 0.3) is 0 Å². The Bertz CT molecular complexity index is 325. The lowest BCUT2D eigenvalue weighted by atomic mass is 9.87. The van der Waals surface area contributed by atoms with Crippen LogP contribution in [0.15, 0.2) is 0 Å². The van der Waals surface area contributed by atoms with Crippen molar-refractivity contribution >= 4 is 24.2 Å². The van der Waals surface area contributed by atoms with E-state index >= 15 is 0 Å². The number of nitrogens with one attached hydrogen (secondary N) is 2. The highest BCUT2D eigenvalue weighted by Crippen LogP contribution is 2.25. The van der Waals surface area contributed by atoms with E-state index in [2.05, 4.69) is 10.6 Å². The number of hydrogen-bond donors (Lipinski definition) is 2. The van der Waals surface area contributed by atoms with Crippen LogP contribution < -0.4 is 10.6 Å². The molecule has 6 heteroatoms. The lowest BCUT2D eigenvalue weighted by molar-refractivity contribution is -0.133. The van der Waals surface area contributed by atoms with Gasteiger partial charge in [0.05, 0.1) is 6.54 Å². The Hall–Kier alpha value is -0.810. The first kappa shape index (κ1) is 18.2. The van der Waals surface area contributed by atoms with Crippen LogP contribution in [0.5, 0.6) is 0 Å². The molecule has 0 radical (unpaired) electrons. The van der Waals surface area contributed by atoms with E-state index in [1.54, 1.807) is 0 Å². The fraction of sp³-hybridized carbons (Fsp3) is 0.867. The van der Waals surface area contributed by atoms with Crippen LogP contribution in [-0.2, 0) is 9.59 Å². The second-order valence-corrected chi connectivity index (χ2v) is 5.97. The van der Waals surface area contributed by atoms with Crippen molar-refractivity contribution in [1.82, 2.24) is 15.5 Å². The molecular formula is C15H28ClN3O2. The Morgan fingerprint density at radius 3 is 2.57 bits per heavy atom. The fourth-order valence-corrected chi connectivity index (χ4v) is 3.11. The molecule has 0 aromatic rings. The first-order chi connectivity index (χ1) is 9.75. The highest BCUT2D eigenvalue weighted by atomic mass is 35.5. The average molecular weight is 318 g/mol.